The van der Waals surface area contributed by atoms with Gasteiger partial charge in [0.2, 0.25) is 0 Å². The number of anilines is 1. The lowest BCUT2D eigenvalue weighted by Crippen LogP contribution is -2.01. The monoisotopic (exact) mass is 233 g/mol. The van der Waals surface area contributed by atoms with Crippen LogP contribution < -0.4 is 5.73 Å². The lowest BCUT2D eigenvalue weighted by atomic mass is 10.2. The summed E-state index contributed by atoms with van der Waals surface area (Å²) >= 11 is 0. The molecule has 0 unspecified atom stereocenters. The molecule has 0 bridgehead atoms. The van der Waals surface area contributed by atoms with Gasteiger partial charge in [-0.3, -0.25) is 4.68 Å². The first-order valence-electron chi connectivity index (χ1n) is 6.09. The molecule has 0 aliphatic heterocycles. The molecule has 2 aromatic rings. The molecule has 0 aliphatic rings. The molecule has 0 spiro atoms. The molecule has 2 rings (SSSR count). The maximum atomic E-state index is 6.09. The van der Waals surface area contributed by atoms with Gasteiger partial charge in [-0.25, -0.2) is 4.98 Å². The van der Waals surface area contributed by atoms with E-state index in [0.717, 1.165) is 43.0 Å². The van der Waals surface area contributed by atoms with Crippen molar-refractivity contribution in [3.8, 4) is 11.3 Å². The Bertz CT molecular complexity index is 483. The van der Waals surface area contributed by atoms with E-state index in [9.17, 15) is 0 Å². The van der Waals surface area contributed by atoms with Crippen molar-refractivity contribution in [2.75, 3.05) is 5.73 Å². The number of nitrogens with two attached hydrogens (primary N) is 1. The third kappa shape index (κ3) is 2.33. The minimum absolute atomic E-state index is 0.731. The van der Waals surface area contributed by atoms with Crippen LogP contribution in [0.25, 0.3) is 11.3 Å². The third-order valence-corrected chi connectivity index (χ3v) is 2.86. The van der Waals surface area contributed by atoms with Crippen LogP contribution in [0.4, 0.5) is 5.82 Å². The van der Waals surface area contributed by atoms with Gasteiger partial charge in [0.25, 0.3) is 0 Å². The molecule has 5 heteroatoms. The van der Waals surface area contributed by atoms with E-state index in [1.165, 1.54) is 0 Å². The Morgan fingerprint density at radius 3 is 2.82 bits per heavy atom. The van der Waals surface area contributed by atoms with E-state index in [-0.39, 0.29) is 0 Å². The number of unbranched alkanes of at least 4 members (excludes halogenated alkanes) is 1. The quantitative estimate of drug-likeness (QED) is 0.860. The van der Waals surface area contributed by atoms with E-state index < -0.39 is 0 Å². The lowest BCUT2D eigenvalue weighted by Gasteiger charge is -2.03. The second kappa shape index (κ2) is 5.03. The summed E-state index contributed by atoms with van der Waals surface area (Å²) in [4.78, 5) is 4.37. The molecule has 92 valence electrons. The van der Waals surface area contributed by atoms with Gasteiger partial charge in [-0.2, -0.15) is 5.10 Å². The average molecular weight is 233 g/mol. The van der Waals surface area contributed by atoms with Gasteiger partial charge in [-0.1, -0.05) is 13.3 Å². The molecule has 2 aromatic heterocycles. The first kappa shape index (κ1) is 11.7. The lowest BCUT2D eigenvalue weighted by molar-refractivity contribution is 0.637. The van der Waals surface area contributed by atoms with Crippen LogP contribution in [0.1, 0.15) is 26.7 Å². The molecule has 5 nitrogen and oxygen atoms in total. The maximum Gasteiger partial charge on any atom is 0.131 e. The van der Waals surface area contributed by atoms with Crippen molar-refractivity contribution in [1.82, 2.24) is 19.3 Å². The van der Waals surface area contributed by atoms with E-state index in [0.29, 0.717) is 0 Å². The summed E-state index contributed by atoms with van der Waals surface area (Å²) in [5.41, 5.74) is 7.91. The summed E-state index contributed by atoms with van der Waals surface area (Å²) in [5, 5.41) is 4.24. The minimum atomic E-state index is 0.731. The van der Waals surface area contributed by atoms with Crippen LogP contribution in [0.15, 0.2) is 18.7 Å². The van der Waals surface area contributed by atoms with Gasteiger partial charge in [-0.15, -0.1) is 0 Å². The Kier molecular flexibility index (Phi) is 3.46. The number of aromatic nitrogens is 4. The second-order valence-electron chi connectivity index (χ2n) is 4.11. The highest BCUT2D eigenvalue weighted by molar-refractivity contribution is 5.69. The standard InChI is InChI=1S/C12H19N5/c1-3-5-6-16-9-14-11(12(16)13)10-7-15-17(4-2)8-10/h7-9H,3-6,13H2,1-2H3. The fourth-order valence-electron chi connectivity index (χ4n) is 1.78. The highest BCUT2D eigenvalue weighted by Crippen LogP contribution is 2.23. The summed E-state index contributed by atoms with van der Waals surface area (Å²) in [7, 11) is 0. The highest BCUT2D eigenvalue weighted by Gasteiger charge is 2.11. The largest absolute Gasteiger partial charge is 0.383 e. The molecule has 0 fully saturated rings. The first-order chi connectivity index (χ1) is 8.26. The van der Waals surface area contributed by atoms with Crippen LogP contribution in [0, 0.1) is 0 Å². The van der Waals surface area contributed by atoms with Crippen molar-refractivity contribution in [3.63, 3.8) is 0 Å². The Balaban J connectivity index is 2.24. The van der Waals surface area contributed by atoms with Crippen LogP contribution in [-0.4, -0.2) is 19.3 Å². The summed E-state index contributed by atoms with van der Waals surface area (Å²) in [6.45, 7) is 6.01. The van der Waals surface area contributed by atoms with Crippen LogP contribution in [0.3, 0.4) is 0 Å². The summed E-state index contributed by atoms with van der Waals surface area (Å²) in [6.07, 6.45) is 7.87. The molecule has 2 heterocycles. The molecule has 0 amide bonds. The van der Waals surface area contributed by atoms with Gasteiger partial charge in [-0.05, 0) is 13.3 Å². The van der Waals surface area contributed by atoms with Gasteiger partial charge in [0.1, 0.15) is 11.5 Å². The van der Waals surface area contributed by atoms with Crippen molar-refractivity contribution in [1.29, 1.82) is 0 Å². The Morgan fingerprint density at radius 2 is 2.18 bits per heavy atom. The fourth-order valence-corrected chi connectivity index (χ4v) is 1.78. The Hall–Kier alpha value is -1.78. The predicted octanol–water partition coefficient (Wildman–Crippen LogP) is 2.15. The number of nitrogens with zero attached hydrogens (tertiary/aromatic N) is 4. The van der Waals surface area contributed by atoms with Crippen molar-refractivity contribution >= 4 is 5.82 Å². The van der Waals surface area contributed by atoms with Gasteiger partial charge in [0.05, 0.1) is 12.5 Å². The second-order valence-corrected chi connectivity index (χ2v) is 4.11. The zero-order chi connectivity index (χ0) is 12.3. The number of hydrogen-bond donors (Lipinski definition) is 1. The molecular formula is C12H19N5. The first-order valence-corrected chi connectivity index (χ1v) is 6.09. The maximum absolute atomic E-state index is 6.09. The van der Waals surface area contributed by atoms with Gasteiger partial charge in [0.15, 0.2) is 0 Å². The van der Waals surface area contributed by atoms with Crippen molar-refractivity contribution in [2.45, 2.75) is 39.8 Å². The minimum Gasteiger partial charge on any atom is -0.383 e. The molecule has 0 atom stereocenters. The zero-order valence-corrected chi connectivity index (χ0v) is 10.4. The number of aryl methyl sites for hydroxylation is 2. The van der Waals surface area contributed by atoms with Gasteiger partial charge >= 0.3 is 0 Å². The van der Waals surface area contributed by atoms with Crippen LogP contribution >= 0.6 is 0 Å². The molecule has 0 aliphatic carbocycles. The van der Waals surface area contributed by atoms with Crippen molar-refractivity contribution < 1.29 is 0 Å². The van der Waals surface area contributed by atoms with Crippen molar-refractivity contribution in [3.05, 3.63) is 18.7 Å². The van der Waals surface area contributed by atoms with Gasteiger partial charge < -0.3 is 10.3 Å². The van der Waals surface area contributed by atoms with E-state index in [4.69, 9.17) is 5.73 Å². The average Bonchev–Trinajstić information content (AvgIpc) is 2.93. The smallest absolute Gasteiger partial charge is 0.131 e. The molecule has 0 saturated carbocycles. The van der Waals surface area contributed by atoms with Crippen molar-refractivity contribution in [2.24, 2.45) is 0 Å². The SMILES string of the molecule is CCCCn1cnc(-c2cnn(CC)c2)c1N. The topological polar surface area (TPSA) is 61.7 Å². The Morgan fingerprint density at radius 1 is 1.35 bits per heavy atom. The Labute approximate surface area is 101 Å². The fraction of sp³-hybridized carbons (Fsp3) is 0.500. The molecule has 0 radical (unpaired) electrons. The summed E-state index contributed by atoms with van der Waals surface area (Å²) < 4.78 is 3.88. The van der Waals surface area contributed by atoms with Crippen LogP contribution in [0.2, 0.25) is 0 Å². The number of rotatable bonds is 5. The molecule has 2 N–H and O–H groups in total. The van der Waals surface area contributed by atoms with Crippen LogP contribution in [0.5, 0.6) is 0 Å². The highest BCUT2D eigenvalue weighted by atomic mass is 15.3. The number of nitrogen functional groups attached to an aromatic ring is 1. The van der Waals surface area contributed by atoms with E-state index >= 15 is 0 Å². The molecular weight excluding hydrogens is 214 g/mol. The zero-order valence-electron chi connectivity index (χ0n) is 10.4. The summed E-state index contributed by atoms with van der Waals surface area (Å²) in [5.74, 6) is 0.731. The molecule has 17 heavy (non-hydrogen) atoms. The summed E-state index contributed by atoms with van der Waals surface area (Å²) in [6, 6.07) is 0. The van der Waals surface area contributed by atoms with Crippen LogP contribution in [-0.2, 0) is 13.1 Å². The molecule has 0 aromatic carbocycles. The normalized spacial score (nSPS) is 10.9. The van der Waals surface area contributed by atoms with E-state index in [1.807, 2.05) is 28.0 Å². The number of imidazole rings is 1. The van der Waals surface area contributed by atoms with E-state index in [2.05, 4.69) is 23.9 Å². The van der Waals surface area contributed by atoms with E-state index in [1.54, 1.807) is 0 Å². The third-order valence-electron chi connectivity index (χ3n) is 2.86. The van der Waals surface area contributed by atoms with Gasteiger partial charge in [0, 0.05) is 24.8 Å². The molecule has 0 saturated heterocycles. The predicted molar refractivity (Wildman–Crippen MR) is 68.4 cm³/mol. The number of hydrogen-bond acceptors (Lipinski definition) is 3.